The number of phenols is 1. The number of rotatable bonds is 5. The van der Waals surface area contributed by atoms with Crippen LogP contribution in [0.25, 0.3) is 0 Å². The quantitative estimate of drug-likeness (QED) is 0.727. The molecular weight excluding hydrogens is 244 g/mol. The Morgan fingerprint density at radius 1 is 1.37 bits per heavy atom. The third kappa shape index (κ3) is 3.68. The standard InChI is InChI=1S/C14H20N2O3/c17-9-8-16(10-12-2-1-7-15-12)14(19)11-3-5-13(18)6-4-11/h3-6,12,15,17-18H,1-2,7-10H2. The van der Waals surface area contributed by atoms with Crippen molar-refractivity contribution in [2.24, 2.45) is 0 Å². The summed E-state index contributed by atoms with van der Waals surface area (Å²) in [6.45, 7) is 1.89. The van der Waals surface area contributed by atoms with Crippen molar-refractivity contribution in [3.8, 4) is 5.75 Å². The number of nitrogens with one attached hydrogen (secondary N) is 1. The minimum Gasteiger partial charge on any atom is -0.508 e. The number of hydrogen-bond donors (Lipinski definition) is 3. The van der Waals surface area contributed by atoms with E-state index >= 15 is 0 Å². The molecule has 1 aromatic rings. The fourth-order valence-electron chi connectivity index (χ4n) is 2.36. The molecule has 1 heterocycles. The molecule has 5 nitrogen and oxygen atoms in total. The van der Waals surface area contributed by atoms with Crippen molar-refractivity contribution in [3.05, 3.63) is 29.8 Å². The molecule has 3 N–H and O–H groups in total. The van der Waals surface area contributed by atoms with Gasteiger partial charge in [0.2, 0.25) is 0 Å². The molecule has 1 atom stereocenters. The lowest BCUT2D eigenvalue weighted by atomic mass is 10.1. The van der Waals surface area contributed by atoms with E-state index in [1.54, 1.807) is 17.0 Å². The van der Waals surface area contributed by atoms with Crippen LogP contribution in [0.2, 0.25) is 0 Å². The fourth-order valence-corrected chi connectivity index (χ4v) is 2.36. The molecule has 0 spiro atoms. The summed E-state index contributed by atoms with van der Waals surface area (Å²) < 4.78 is 0. The Hall–Kier alpha value is -1.59. The predicted molar refractivity (Wildman–Crippen MR) is 72.1 cm³/mol. The second kappa shape index (κ2) is 6.54. The average Bonchev–Trinajstić information content (AvgIpc) is 2.91. The first-order chi connectivity index (χ1) is 9.20. The Morgan fingerprint density at radius 3 is 2.68 bits per heavy atom. The van der Waals surface area contributed by atoms with Gasteiger partial charge in [-0.3, -0.25) is 4.79 Å². The zero-order chi connectivity index (χ0) is 13.7. The lowest BCUT2D eigenvalue weighted by Gasteiger charge is -2.25. The van der Waals surface area contributed by atoms with Crippen LogP contribution in [-0.2, 0) is 0 Å². The van der Waals surface area contributed by atoms with E-state index in [1.165, 1.54) is 12.1 Å². The molecule has 0 bridgehead atoms. The summed E-state index contributed by atoms with van der Waals surface area (Å²) in [5.74, 6) is 0.0328. The highest BCUT2D eigenvalue weighted by Crippen LogP contribution is 2.13. The van der Waals surface area contributed by atoms with Gasteiger partial charge in [-0.1, -0.05) is 0 Å². The molecular formula is C14H20N2O3. The van der Waals surface area contributed by atoms with Gasteiger partial charge in [-0.15, -0.1) is 0 Å². The maximum Gasteiger partial charge on any atom is 0.253 e. The Bertz CT molecular complexity index is 413. The van der Waals surface area contributed by atoms with Crippen molar-refractivity contribution in [1.82, 2.24) is 10.2 Å². The number of nitrogens with zero attached hydrogens (tertiary/aromatic N) is 1. The Morgan fingerprint density at radius 2 is 2.11 bits per heavy atom. The Kier molecular flexibility index (Phi) is 4.76. The molecule has 1 amide bonds. The van der Waals surface area contributed by atoms with Gasteiger partial charge < -0.3 is 20.4 Å². The summed E-state index contributed by atoms with van der Waals surface area (Å²) >= 11 is 0. The van der Waals surface area contributed by atoms with Crippen molar-refractivity contribution in [3.63, 3.8) is 0 Å². The second-order valence-electron chi connectivity index (χ2n) is 4.81. The van der Waals surface area contributed by atoms with Crippen LogP contribution in [0.5, 0.6) is 5.75 Å². The van der Waals surface area contributed by atoms with Gasteiger partial charge in [-0.2, -0.15) is 0 Å². The lowest BCUT2D eigenvalue weighted by molar-refractivity contribution is 0.0706. The van der Waals surface area contributed by atoms with E-state index in [0.29, 0.717) is 24.7 Å². The average molecular weight is 264 g/mol. The van der Waals surface area contributed by atoms with Crippen LogP contribution in [0.4, 0.5) is 0 Å². The minimum atomic E-state index is -0.109. The summed E-state index contributed by atoms with van der Waals surface area (Å²) in [5, 5.41) is 21.7. The monoisotopic (exact) mass is 264 g/mol. The molecule has 2 rings (SSSR count). The first-order valence-corrected chi connectivity index (χ1v) is 6.63. The summed E-state index contributed by atoms with van der Waals surface area (Å²) in [7, 11) is 0. The van der Waals surface area contributed by atoms with Gasteiger partial charge in [0, 0.05) is 24.7 Å². The summed E-state index contributed by atoms with van der Waals surface area (Å²) in [6, 6.07) is 6.51. The number of hydrogen-bond acceptors (Lipinski definition) is 4. The molecule has 0 radical (unpaired) electrons. The van der Waals surface area contributed by atoms with E-state index in [-0.39, 0.29) is 18.3 Å². The Balaban J connectivity index is 2.04. The molecule has 1 aliphatic rings. The predicted octanol–water partition coefficient (Wildman–Crippen LogP) is 0.579. The molecule has 0 saturated carbocycles. The topological polar surface area (TPSA) is 72.8 Å². The molecule has 0 aliphatic carbocycles. The largest absolute Gasteiger partial charge is 0.508 e. The van der Waals surface area contributed by atoms with E-state index in [0.717, 1.165) is 19.4 Å². The highest BCUT2D eigenvalue weighted by atomic mass is 16.3. The van der Waals surface area contributed by atoms with E-state index in [2.05, 4.69) is 5.32 Å². The number of phenolic OH excluding ortho intramolecular Hbond substituents is 1. The molecule has 5 heteroatoms. The van der Waals surface area contributed by atoms with Gasteiger partial charge in [0.25, 0.3) is 5.91 Å². The maximum atomic E-state index is 12.3. The third-order valence-corrected chi connectivity index (χ3v) is 3.37. The van der Waals surface area contributed by atoms with Gasteiger partial charge >= 0.3 is 0 Å². The zero-order valence-corrected chi connectivity index (χ0v) is 10.9. The molecule has 1 aliphatic heterocycles. The van der Waals surface area contributed by atoms with Crippen molar-refractivity contribution >= 4 is 5.91 Å². The van der Waals surface area contributed by atoms with Crippen LogP contribution in [0.1, 0.15) is 23.2 Å². The van der Waals surface area contributed by atoms with Crippen LogP contribution in [-0.4, -0.2) is 53.3 Å². The van der Waals surface area contributed by atoms with E-state index in [4.69, 9.17) is 5.11 Å². The molecule has 1 fully saturated rings. The maximum absolute atomic E-state index is 12.3. The lowest BCUT2D eigenvalue weighted by Crippen LogP contribution is -2.42. The molecule has 0 aromatic heterocycles. The first kappa shape index (κ1) is 13.8. The van der Waals surface area contributed by atoms with Crippen molar-refractivity contribution in [2.75, 3.05) is 26.2 Å². The van der Waals surface area contributed by atoms with Gasteiger partial charge in [0.05, 0.1) is 6.61 Å². The van der Waals surface area contributed by atoms with E-state index in [9.17, 15) is 9.90 Å². The normalized spacial score (nSPS) is 18.5. The van der Waals surface area contributed by atoms with Crippen molar-refractivity contribution < 1.29 is 15.0 Å². The van der Waals surface area contributed by atoms with Crippen LogP contribution >= 0.6 is 0 Å². The van der Waals surface area contributed by atoms with Gasteiger partial charge in [-0.25, -0.2) is 0 Å². The van der Waals surface area contributed by atoms with Crippen LogP contribution < -0.4 is 5.32 Å². The van der Waals surface area contributed by atoms with Crippen LogP contribution in [0.15, 0.2) is 24.3 Å². The number of amides is 1. The van der Waals surface area contributed by atoms with E-state index in [1.807, 2.05) is 0 Å². The first-order valence-electron chi connectivity index (χ1n) is 6.63. The smallest absolute Gasteiger partial charge is 0.253 e. The van der Waals surface area contributed by atoms with Crippen LogP contribution in [0.3, 0.4) is 0 Å². The highest BCUT2D eigenvalue weighted by molar-refractivity contribution is 5.94. The van der Waals surface area contributed by atoms with Gasteiger partial charge in [0.1, 0.15) is 5.75 Å². The second-order valence-corrected chi connectivity index (χ2v) is 4.81. The zero-order valence-electron chi connectivity index (χ0n) is 10.9. The van der Waals surface area contributed by atoms with Crippen LogP contribution in [0, 0.1) is 0 Å². The minimum absolute atomic E-state index is 0.0451. The van der Waals surface area contributed by atoms with E-state index < -0.39 is 0 Å². The molecule has 1 saturated heterocycles. The number of benzene rings is 1. The molecule has 1 aromatic carbocycles. The number of carbonyl (C=O) groups is 1. The molecule has 1 unspecified atom stereocenters. The molecule has 104 valence electrons. The van der Waals surface area contributed by atoms with Gasteiger partial charge in [-0.05, 0) is 43.7 Å². The number of aliphatic hydroxyl groups is 1. The third-order valence-electron chi connectivity index (χ3n) is 3.37. The Labute approximate surface area is 112 Å². The highest BCUT2D eigenvalue weighted by Gasteiger charge is 2.22. The summed E-state index contributed by atoms with van der Waals surface area (Å²) in [5.41, 5.74) is 0.532. The summed E-state index contributed by atoms with van der Waals surface area (Å²) in [6.07, 6.45) is 2.19. The number of carbonyl (C=O) groups excluding carboxylic acids is 1. The number of aromatic hydroxyl groups is 1. The fraction of sp³-hybridized carbons (Fsp3) is 0.500. The van der Waals surface area contributed by atoms with Crippen molar-refractivity contribution in [2.45, 2.75) is 18.9 Å². The van der Waals surface area contributed by atoms with Crippen molar-refractivity contribution in [1.29, 1.82) is 0 Å². The number of aliphatic hydroxyl groups excluding tert-OH is 1. The molecule has 19 heavy (non-hydrogen) atoms. The van der Waals surface area contributed by atoms with Gasteiger partial charge in [0.15, 0.2) is 0 Å². The summed E-state index contributed by atoms with van der Waals surface area (Å²) in [4.78, 5) is 14.0. The SMILES string of the molecule is O=C(c1ccc(O)cc1)N(CCO)CC1CCCN1.